The second-order valence-electron chi connectivity index (χ2n) is 5.99. The lowest BCUT2D eigenvalue weighted by Gasteiger charge is -2.30. The number of rotatable bonds is 7. The van der Waals surface area contributed by atoms with Crippen molar-refractivity contribution in [3.05, 3.63) is 29.8 Å². The van der Waals surface area contributed by atoms with Gasteiger partial charge < -0.3 is 20.5 Å². The number of carbonyl (C=O) groups is 1. The van der Waals surface area contributed by atoms with Crippen molar-refractivity contribution in [2.45, 2.75) is 50.9 Å². The van der Waals surface area contributed by atoms with Gasteiger partial charge in [0.15, 0.2) is 0 Å². The minimum atomic E-state index is -0.504. The summed E-state index contributed by atoms with van der Waals surface area (Å²) in [5.74, 6) is 0.696. The summed E-state index contributed by atoms with van der Waals surface area (Å²) in [6, 6.07) is 7.64. The molecular weight excluding hydrogens is 316 g/mol. The minimum absolute atomic E-state index is 0. The lowest BCUT2D eigenvalue weighted by atomic mass is 9.97. The molecule has 0 heterocycles. The number of methoxy groups -OCH3 is 1. The third-order valence-electron chi connectivity index (χ3n) is 4.34. The smallest absolute Gasteiger partial charge is 0.249 e. The summed E-state index contributed by atoms with van der Waals surface area (Å²) in [6.45, 7) is 2.64. The van der Waals surface area contributed by atoms with Gasteiger partial charge in [0.05, 0.1) is 19.3 Å². The van der Waals surface area contributed by atoms with Crippen LogP contribution in [0.3, 0.4) is 0 Å². The zero-order chi connectivity index (χ0) is 16.0. The Morgan fingerprint density at radius 1 is 1.39 bits per heavy atom. The average molecular weight is 343 g/mol. The Hall–Kier alpha value is -1.30. The number of amides is 1. The Bertz CT molecular complexity index is 504. The molecule has 1 aromatic carbocycles. The van der Waals surface area contributed by atoms with Gasteiger partial charge >= 0.3 is 0 Å². The SMILES string of the molecule is COc1cccc(COC(C)C(=O)NC2(CN)CCCC2)c1.Cl. The van der Waals surface area contributed by atoms with E-state index in [-0.39, 0.29) is 23.9 Å². The summed E-state index contributed by atoms with van der Waals surface area (Å²) in [7, 11) is 1.63. The van der Waals surface area contributed by atoms with Crippen molar-refractivity contribution in [1.29, 1.82) is 0 Å². The van der Waals surface area contributed by atoms with Crippen LogP contribution in [0, 0.1) is 0 Å². The van der Waals surface area contributed by atoms with Crippen LogP contribution in [-0.4, -0.2) is 31.2 Å². The van der Waals surface area contributed by atoms with Crippen LogP contribution < -0.4 is 15.8 Å². The van der Waals surface area contributed by atoms with Crippen LogP contribution in [0.25, 0.3) is 0 Å². The Morgan fingerprint density at radius 3 is 2.70 bits per heavy atom. The van der Waals surface area contributed by atoms with Crippen molar-refractivity contribution in [2.24, 2.45) is 5.73 Å². The van der Waals surface area contributed by atoms with Gasteiger partial charge in [0.1, 0.15) is 11.9 Å². The number of hydrogen-bond donors (Lipinski definition) is 2. The molecule has 3 N–H and O–H groups in total. The van der Waals surface area contributed by atoms with E-state index in [0.29, 0.717) is 13.2 Å². The summed E-state index contributed by atoms with van der Waals surface area (Å²) >= 11 is 0. The lowest BCUT2D eigenvalue weighted by Crippen LogP contribution is -2.54. The molecular formula is C17H27ClN2O3. The molecule has 130 valence electrons. The van der Waals surface area contributed by atoms with Crippen molar-refractivity contribution in [1.82, 2.24) is 5.32 Å². The van der Waals surface area contributed by atoms with Crippen LogP contribution >= 0.6 is 12.4 Å². The topological polar surface area (TPSA) is 73.6 Å². The second-order valence-corrected chi connectivity index (χ2v) is 5.99. The predicted octanol–water partition coefficient (Wildman–Crippen LogP) is 2.41. The molecule has 6 heteroatoms. The second kappa shape index (κ2) is 9.11. The van der Waals surface area contributed by atoms with Gasteiger partial charge in [-0.3, -0.25) is 4.79 Å². The highest BCUT2D eigenvalue weighted by Gasteiger charge is 2.35. The van der Waals surface area contributed by atoms with Crippen molar-refractivity contribution in [3.63, 3.8) is 0 Å². The number of benzene rings is 1. The van der Waals surface area contributed by atoms with E-state index in [9.17, 15) is 4.79 Å². The van der Waals surface area contributed by atoms with Gasteiger partial charge in [-0.25, -0.2) is 0 Å². The van der Waals surface area contributed by atoms with Crippen molar-refractivity contribution in [3.8, 4) is 5.75 Å². The highest BCUT2D eigenvalue weighted by atomic mass is 35.5. The van der Waals surface area contributed by atoms with E-state index in [1.54, 1.807) is 14.0 Å². The molecule has 1 unspecified atom stereocenters. The van der Waals surface area contributed by atoms with Gasteiger partial charge in [0.2, 0.25) is 5.91 Å². The van der Waals surface area contributed by atoms with E-state index in [2.05, 4.69) is 5.32 Å². The van der Waals surface area contributed by atoms with Crippen LogP contribution in [0.1, 0.15) is 38.2 Å². The summed E-state index contributed by atoms with van der Waals surface area (Å²) < 4.78 is 10.9. The molecule has 1 atom stereocenters. The molecule has 0 saturated heterocycles. The molecule has 0 aromatic heterocycles. The first kappa shape index (κ1) is 19.7. The summed E-state index contributed by atoms with van der Waals surface area (Å²) in [4.78, 5) is 12.3. The first-order valence-electron chi connectivity index (χ1n) is 7.85. The fraction of sp³-hybridized carbons (Fsp3) is 0.588. The molecule has 0 aliphatic heterocycles. The van der Waals surface area contributed by atoms with Crippen LogP contribution in [0.15, 0.2) is 24.3 Å². The third kappa shape index (κ3) is 5.37. The maximum Gasteiger partial charge on any atom is 0.249 e. The zero-order valence-electron chi connectivity index (χ0n) is 13.8. The highest BCUT2D eigenvalue weighted by Crippen LogP contribution is 2.28. The predicted molar refractivity (Wildman–Crippen MR) is 92.9 cm³/mol. The van der Waals surface area contributed by atoms with Gasteiger partial charge in [-0.15, -0.1) is 12.4 Å². The number of ether oxygens (including phenoxy) is 2. The van der Waals surface area contributed by atoms with Crippen molar-refractivity contribution in [2.75, 3.05) is 13.7 Å². The van der Waals surface area contributed by atoms with Crippen molar-refractivity contribution < 1.29 is 14.3 Å². The van der Waals surface area contributed by atoms with Gasteiger partial charge in [0.25, 0.3) is 0 Å². The van der Waals surface area contributed by atoms with Crippen LogP contribution in [0.2, 0.25) is 0 Å². The first-order valence-corrected chi connectivity index (χ1v) is 7.85. The molecule has 0 spiro atoms. The normalized spacial score (nSPS) is 17.2. The number of halogens is 1. The van der Waals surface area contributed by atoms with Crippen LogP contribution in [-0.2, 0) is 16.1 Å². The quantitative estimate of drug-likeness (QED) is 0.798. The average Bonchev–Trinajstić information content (AvgIpc) is 3.01. The molecule has 1 fully saturated rings. The van der Waals surface area contributed by atoms with E-state index in [1.807, 2.05) is 24.3 Å². The summed E-state index contributed by atoms with van der Waals surface area (Å²) in [5, 5.41) is 3.09. The molecule has 1 aliphatic carbocycles. The number of carbonyl (C=O) groups excluding carboxylic acids is 1. The molecule has 1 aliphatic rings. The van der Waals surface area contributed by atoms with Crippen molar-refractivity contribution >= 4 is 18.3 Å². The van der Waals surface area contributed by atoms with Crippen LogP contribution in [0.4, 0.5) is 0 Å². The molecule has 5 nitrogen and oxygen atoms in total. The van der Waals surface area contributed by atoms with Gasteiger partial charge in [-0.1, -0.05) is 25.0 Å². The minimum Gasteiger partial charge on any atom is -0.497 e. The van der Waals surface area contributed by atoms with Gasteiger partial charge in [0, 0.05) is 6.54 Å². The summed E-state index contributed by atoms with van der Waals surface area (Å²) in [5.41, 5.74) is 6.59. The number of nitrogens with two attached hydrogens (primary N) is 1. The molecule has 2 rings (SSSR count). The first-order chi connectivity index (χ1) is 10.6. The number of hydrogen-bond acceptors (Lipinski definition) is 4. The maximum atomic E-state index is 12.3. The van der Waals surface area contributed by atoms with E-state index in [0.717, 1.165) is 37.0 Å². The molecule has 1 saturated carbocycles. The zero-order valence-corrected chi connectivity index (χ0v) is 14.7. The standard InChI is InChI=1S/C17H26N2O3.ClH/c1-13(16(20)19-17(12-18)8-3-4-9-17)22-11-14-6-5-7-15(10-14)21-2;/h5-7,10,13H,3-4,8-9,11-12,18H2,1-2H3,(H,19,20);1H. The largest absolute Gasteiger partial charge is 0.497 e. The van der Waals surface area contributed by atoms with Gasteiger partial charge in [-0.2, -0.15) is 0 Å². The Morgan fingerprint density at radius 2 is 2.09 bits per heavy atom. The fourth-order valence-electron chi connectivity index (χ4n) is 2.85. The Labute approximate surface area is 144 Å². The lowest BCUT2D eigenvalue weighted by molar-refractivity contribution is -0.134. The van der Waals surface area contributed by atoms with E-state index < -0.39 is 6.10 Å². The Kier molecular flexibility index (Phi) is 7.82. The molecule has 23 heavy (non-hydrogen) atoms. The van der Waals surface area contributed by atoms with E-state index in [4.69, 9.17) is 15.2 Å². The van der Waals surface area contributed by atoms with Gasteiger partial charge in [-0.05, 0) is 37.5 Å². The molecule has 1 amide bonds. The fourth-order valence-corrected chi connectivity index (χ4v) is 2.85. The van der Waals surface area contributed by atoms with E-state index >= 15 is 0 Å². The monoisotopic (exact) mass is 342 g/mol. The summed E-state index contributed by atoms with van der Waals surface area (Å²) in [6.07, 6.45) is 3.65. The highest BCUT2D eigenvalue weighted by molar-refractivity contribution is 5.85. The third-order valence-corrected chi connectivity index (χ3v) is 4.34. The van der Waals surface area contributed by atoms with E-state index in [1.165, 1.54) is 0 Å². The maximum absolute atomic E-state index is 12.3. The Balaban J connectivity index is 0.00000264. The molecule has 1 aromatic rings. The molecule has 0 bridgehead atoms. The number of nitrogens with one attached hydrogen (secondary N) is 1. The molecule has 0 radical (unpaired) electrons. The van der Waals surface area contributed by atoms with Crippen LogP contribution in [0.5, 0.6) is 5.75 Å².